The minimum Gasteiger partial charge on any atom is -0.465 e. The summed E-state index contributed by atoms with van der Waals surface area (Å²) in [6, 6.07) is 3.74. The molecule has 136 valence electrons. The summed E-state index contributed by atoms with van der Waals surface area (Å²) >= 11 is 0. The van der Waals surface area contributed by atoms with Gasteiger partial charge in [-0.15, -0.1) is 0 Å². The molecule has 1 aliphatic heterocycles. The van der Waals surface area contributed by atoms with E-state index in [1.165, 1.54) is 32.4 Å². The molecule has 1 aliphatic carbocycles. The first-order chi connectivity index (χ1) is 12.0. The molecule has 1 amide bonds. The third-order valence-corrected chi connectivity index (χ3v) is 5.67. The Balaban J connectivity index is 1.86. The number of hydrogen-bond donors (Lipinski definition) is 1. The van der Waals surface area contributed by atoms with Crippen molar-refractivity contribution >= 4 is 17.6 Å². The van der Waals surface area contributed by atoms with E-state index in [1.54, 1.807) is 11.0 Å². The Bertz CT molecular complexity index is 658. The number of esters is 1. The lowest BCUT2D eigenvalue weighted by Crippen LogP contribution is -2.46. The van der Waals surface area contributed by atoms with Gasteiger partial charge in [-0.2, -0.15) is 0 Å². The summed E-state index contributed by atoms with van der Waals surface area (Å²) in [5.41, 5.74) is 6.18. The summed E-state index contributed by atoms with van der Waals surface area (Å²) in [6.07, 6.45) is 6.70. The zero-order valence-electron chi connectivity index (χ0n) is 14.5. The van der Waals surface area contributed by atoms with Crippen LogP contribution in [-0.2, 0) is 9.53 Å². The Morgan fingerprint density at radius 2 is 1.92 bits per heavy atom. The summed E-state index contributed by atoms with van der Waals surface area (Å²) < 4.78 is 19.2. The van der Waals surface area contributed by atoms with E-state index >= 15 is 0 Å². The van der Waals surface area contributed by atoms with Gasteiger partial charge in [0.1, 0.15) is 11.9 Å². The fraction of sp³-hybridized carbons (Fsp3) is 0.579. The van der Waals surface area contributed by atoms with E-state index in [1.807, 2.05) is 0 Å². The lowest BCUT2D eigenvalue weighted by molar-refractivity contribution is -0.120. The molecule has 5 nitrogen and oxygen atoms in total. The Morgan fingerprint density at radius 1 is 1.20 bits per heavy atom. The number of hydrogen-bond acceptors (Lipinski definition) is 4. The molecule has 2 aliphatic rings. The van der Waals surface area contributed by atoms with Crippen LogP contribution in [0.5, 0.6) is 0 Å². The molecule has 1 heterocycles. The average molecular weight is 348 g/mol. The monoisotopic (exact) mass is 348 g/mol. The minimum atomic E-state index is -0.585. The normalized spacial score (nSPS) is 24.3. The lowest BCUT2D eigenvalue weighted by Gasteiger charge is -2.33. The number of anilines is 1. The van der Waals surface area contributed by atoms with Gasteiger partial charge in [-0.25, -0.2) is 9.18 Å². The standard InChI is InChI=1S/C19H25FN2O3/c1-25-19(24)13-7-8-16(15(20)11-13)22-10-9-14(17(22)18(21)23)12-5-3-2-4-6-12/h7-8,11-12,14,17H,2-6,9-10H2,1H3,(H2,21,23)/t14-,17-/m0/s1. The van der Waals surface area contributed by atoms with Crippen LogP contribution in [0.3, 0.4) is 0 Å². The van der Waals surface area contributed by atoms with Gasteiger partial charge in [-0.3, -0.25) is 4.79 Å². The quantitative estimate of drug-likeness (QED) is 0.849. The minimum absolute atomic E-state index is 0.155. The van der Waals surface area contributed by atoms with E-state index in [4.69, 9.17) is 5.73 Å². The third kappa shape index (κ3) is 3.48. The van der Waals surface area contributed by atoms with Crippen molar-refractivity contribution < 1.29 is 18.7 Å². The molecule has 0 radical (unpaired) electrons. The van der Waals surface area contributed by atoms with Crippen LogP contribution < -0.4 is 10.6 Å². The lowest BCUT2D eigenvalue weighted by atomic mass is 9.76. The van der Waals surface area contributed by atoms with Crippen LogP contribution >= 0.6 is 0 Å². The van der Waals surface area contributed by atoms with E-state index in [0.717, 1.165) is 25.3 Å². The number of halogens is 1. The highest BCUT2D eigenvalue weighted by Crippen LogP contribution is 2.41. The van der Waals surface area contributed by atoms with Crippen LogP contribution in [0.15, 0.2) is 18.2 Å². The largest absolute Gasteiger partial charge is 0.465 e. The molecule has 0 aromatic heterocycles. The number of primary amides is 1. The van der Waals surface area contributed by atoms with Gasteiger partial charge in [-0.05, 0) is 36.5 Å². The van der Waals surface area contributed by atoms with E-state index in [9.17, 15) is 14.0 Å². The Hall–Kier alpha value is -2.11. The van der Waals surface area contributed by atoms with Gasteiger partial charge < -0.3 is 15.4 Å². The number of rotatable bonds is 4. The first-order valence-electron chi connectivity index (χ1n) is 8.96. The molecule has 1 saturated carbocycles. The van der Waals surface area contributed by atoms with Crippen molar-refractivity contribution in [2.75, 3.05) is 18.6 Å². The second-order valence-electron chi connectivity index (χ2n) is 7.05. The molecule has 6 heteroatoms. The number of nitrogens with two attached hydrogens (primary N) is 1. The molecule has 2 N–H and O–H groups in total. The van der Waals surface area contributed by atoms with Crippen molar-refractivity contribution in [3.63, 3.8) is 0 Å². The van der Waals surface area contributed by atoms with Crippen molar-refractivity contribution in [1.82, 2.24) is 0 Å². The SMILES string of the molecule is COC(=O)c1ccc(N2CC[C@@H](C3CCCCC3)[C@H]2C(N)=O)c(F)c1. The predicted octanol–water partition coefficient (Wildman–Crippen LogP) is 2.87. The molecule has 2 fully saturated rings. The fourth-order valence-corrected chi connectivity index (χ4v) is 4.49. The number of benzene rings is 1. The maximum Gasteiger partial charge on any atom is 0.337 e. The van der Waals surface area contributed by atoms with Crippen molar-refractivity contribution in [3.05, 3.63) is 29.6 Å². The first-order valence-corrected chi connectivity index (χ1v) is 8.96. The molecule has 3 rings (SSSR count). The number of carbonyl (C=O) groups excluding carboxylic acids is 2. The average Bonchev–Trinajstić information content (AvgIpc) is 3.06. The number of amides is 1. The van der Waals surface area contributed by atoms with Crippen LogP contribution in [0.1, 0.15) is 48.9 Å². The zero-order valence-corrected chi connectivity index (χ0v) is 14.5. The van der Waals surface area contributed by atoms with Gasteiger partial charge in [0.2, 0.25) is 5.91 Å². The highest BCUT2D eigenvalue weighted by molar-refractivity contribution is 5.90. The number of ether oxygens (including phenoxy) is 1. The number of methoxy groups -OCH3 is 1. The summed E-state index contributed by atoms with van der Waals surface area (Å²) in [5.74, 6) is -0.854. The predicted molar refractivity (Wildman–Crippen MR) is 92.7 cm³/mol. The van der Waals surface area contributed by atoms with Gasteiger partial charge >= 0.3 is 5.97 Å². The maximum absolute atomic E-state index is 14.6. The summed E-state index contributed by atoms with van der Waals surface area (Å²) in [7, 11) is 1.26. The molecule has 25 heavy (non-hydrogen) atoms. The number of nitrogens with zero attached hydrogens (tertiary/aromatic N) is 1. The van der Waals surface area contributed by atoms with Crippen LogP contribution in [0.2, 0.25) is 0 Å². The van der Waals surface area contributed by atoms with Crippen molar-refractivity contribution in [2.24, 2.45) is 17.6 Å². The molecule has 1 aromatic rings. The molecule has 1 saturated heterocycles. The third-order valence-electron chi connectivity index (χ3n) is 5.67. The van der Waals surface area contributed by atoms with E-state index in [0.29, 0.717) is 18.2 Å². The van der Waals surface area contributed by atoms with Crippen molar-refractivity contribution in [2.45, 2.75) is 44.6 Å². The summed E-state index contributed by atoms with van der Waals surface area (Å²) in [5, 5.41) is 0. The summed E-state index contributed by atoms with van der Waals surface area (Å²) in [6.45, 7) is 0.600. The molecule has 1 aromatic carbocycles. The molecule has 0 unspecified atom stereocenters. The smallest absolute Gasteiger partial charge is 0.337 e. The van der Waals surface area contributed by atoms with Crippen LogP contribution in [0, 0.1) is 17.7 Å². The van der Waals surface area contributed by atoms with E-state index in [2.05, 4.69) is 4.74 Å². The highest BCUT2D eigenvalue weighted by atomic mass is 19.1. The fourth-order valence-electron chi connectivity index (χ4n) is 4.49. The second kappa shape index (κ2) is 7.42. The first kappa shape index (κ1) is 17.7. The van der Waals surface area contributed by atoms with Crippen LogP contribution in [0.4, 0.5) is 10.1 Å². The van der Waals surface area contributed by atoms with Crippen molar-refractivity contribution in [3.8, 4) is 0 Å². The van der Waals surface area contributed by atoms with Gasteiger partial charge in [0.15, 0.2) is 0 Å². The molecule has 0 spiro atoms. The number of carbonyl (C=O) groups is 2. The maximum atomic E-state index is 14.6. The Kier molecular flexibility index (Phi) is 5.25. The van der Waals surface area contributed by atoms with Crippen molar-refractivity contribution in [1.29, 1.82) is 0 Å². The highest BCUT2D eigenvalue weighted by Gasteiger charge is 2.43. The van der Waals surface area contributed by atoms with Gasteiger partial charge in [-0.1, -0.05) is 32.1 Å². The van der Waals surface area contributed by atoms with Crippen LogP contribution in [0.25, 0.3) is 0 Å². The molecular formula is C19H25FN2O3. The molecular weight excluding hydrogens is 323 g/mol. The molecule has 0 bridgehead atoms. The second-order valence-corrected chi connectivity index (χ2v) is 7.05. The van der Waals surface area contributed by atoms with E-state index < -0.39 is 23.7 Å². The molecule has 2 atom stereocenters. The van der Waals surface area contributed by atoms with Crippen LogP contribution in [-0.4, -0.2) is 31.6 Å². The van der Waals surface area contributed by atoms with Gasteiger partial charge in [0.25, 0.3) is 0 Å². The topological polar surface area (TPSA) is 72.6 Å². The van der Waals surface area contributed by atoms with Gasteiger partial charge in [0, 0.05) is 6.54 Å². The van der Waals surface area contributed by atoms with E-state index in [-0.39, 0.29) is 11.5 Å². The Morgan fingerprint density at radius 3 is 2.52 bits per heavy atom. The van der Waals surface area contributed by atoms with Gasteiger partial charge in [0.05, 0.1) is 18.4 Å². The Labute approximate surface area is 147 Å². The zero-order chi connectivity index (χ0) is 18.0. The summed E-state index contributed by atoms with van der Waals surface area (Å²) in [4.78, 5) is 25.5.